The van der Waals surface area contributed by atoms with Crippen molar-refractivity contribution in [1.82, 2.24) is 15.1 Å². The van der Waals surface area contributed by atoms with Gasteiger partial charge in [0.1, 0.15) is 0 Å². The maximum atomic E-state index is 12.3. The molecule has 0 aliphatic rings. The highest BCUT2D eigenvalue weighted by atomic mass is 79.9. The quantitative estimate of drug-likeness (QED) is 0.838. The first-order valence-corrected chi connectivity index (χ1v) is 8.08. The molecule has 2 aromatic rings. The topological polar surface area (TPSA) is 78.1 Å². The molecular weight excluding hydrogens is 360 g/mol. The Bertz CT molecular complexity index is 727. The fraction of sp³-hybridized carbons (Fsp3) is 0.312. The fourth-order valence-corrected chi connectivity index (χ4v) is 2.53. The number of aromatic nitrogens is 2. The molecule has 0 atom stereocenters. The molecule has 1 aromatic carbocycles. The van der Waals surface area contributed by atoms with Crippen molar-refractivity contribution in [3.05, 3.63) is 45.7 Å². The molecular formula is C16H19BrN4O2. The summed E-state index contributed by atoms with van der Waals surface area (Å²) in [5, 5.41) is 9.56. The third-order valence-corrected chi connectivity index (χ3v) is 4.44. The van der Waals surface area contributed by atoms with E-state index in [-0.39, 0.29) is 11.8 Å². The maximum Gasteiger partial charge on any atom is 0.277 e. The highest BCUT2D eigenvalue weighted by Crippen LogP contribution is 2.20. The van der Waals surface area contributed by atoms with Crippen molar-refractivity contribution in [2.75, 3.05) is 11.9 Å². The van der Waals surface area contributed by atoms with E-state index < -0.39 is 0 Å². The predicted molar refractivity (Wildman–Crippen MR) is 92.2 cm³/mol. The van der Waals surface area contributed by atoms with Gasteiger partial charge in [-0.15, -0.1) is 0 Å². The van der Waals surface area contributed by atoms with Gasteiger partial charge in [-0.3, -0.25) is 14.7 Å². The minimum atomic E-state index is -0.294. The molecule has 0 fully saturated rings. The second kappa shape index (κ2) is 7.41. The van der Waals surface area contributed by atoms with Crippen LogP contribution in [0, 0.1) is 6.92 Å². The van der Waals surface area contributed by atoms with Crippen LogP contribution in [-0.2, 0) is 11.3 Å². The van der Waals surface area contributed by atoms with Gasteiger partial charge in [-0.05, 0) is 47.5 Å². The normalized spacial score (nSPS) is 10.4. The van der Waals surface area contributed by atoms with Crippen LogP contribution in [0.4, 0.5) is 5.69 Å². The minimum Gasteiger partial charge on any atom is -0.339 e. The van der Waals surface area contributed by atoms with Gasteiger partial charge in [0.2, 0.25) is 5.91 Å². The zero-order chi connectivity index (χ0) is 17.0. The Balaban J connectivity index is 2.12. The number of H-pyrrole nitrogens is 1. The van der Waals surface area contributed by atoms with Gasteiger partial charge in [-0.1, -0.05) is 12.1 Å². The van der Waals surface area contributed by atoms with Gasteiger partial charge >= 0.3 is 0 Å². The van der Waals surface area contributed by atoms with Crippen molar-refractivity contribution >= 4 is 33.4 Å². The second-order valence-electron chi connectivity index (χ2n) is 5.20. The Labute approximate surface area is 143 Å². The lowest BCUT2D eigenvalue weighted by Crippen LogP contribution is -2.27. The number of carbonyl (C=O) groups is 2. The lowest BCUT2D eigenvalue weighted by Gasteiger charge is -2.19. The van der Waals surface area contributed by atoms with Crippen LogP contribution >= 0.6 is 15.9 Å². The molecule has 23 heavy (non-hydrogen) atoms. The summed E-state index contributed by atoms with van der Waals surface area (Å²) >= 11 is 3.34. The molecule has 1 aromatic heterocycles. The summed E-state index contributed by atoms with van der Waals surface area (Å²) in [5.74, 6) is -0.268. The summed E-state index contributed by atoms with van der Waals surface area (Å²) in [6, 6.07) is 7.44. The first-order valence-electron chi connectivity index (χ1n) is 7.28. The molecule has 0 bridgehead atoms. The number of aromatic amines is 1. The molecule has 0 aliphatic carbocycles. The van der Waals surface area contributed by atoms with E-state index in [1.54, 1.807) is 17.9 Å². The highest BCUT2D eigenvalue weighted by Gasteiger charge is 2.16. The second-order valence-corrected chi connectivity index (χ2v) is 5.99. The average Bonchev–Trinajstić information content (AvgIpc) is 2.84. The van der Waals surface area contributed by atoms with E-state index in [2.05, 4.69) is 31.4 Å². The van der Waals surface area contributed by atoms with Crippen molar-refractivity contribution in [2.45, 2.75) is 27.3 Å². The number of anilines is 1. The lowest BCUT2D eigenvalue weighted by molar-refractivity contribution is -0.129. The maximum absolute atomic E-state index is 12.3. The molecule has 1 heterocycles. The third-order valence-electron chi connectivity index (χ3n) is 3.47. The molecule has 0 spiro atoms. The van der Waals surface area contributed by atoms with E-state index in [0.29, 0.717) is 28.9 Å². The number of carbonyl (C=O) groups excluding carboxylic acids is 2. The van der Waals surface area contributed by atoms with Gasteiger partial charge in [0, 0.05) is 31.4 Å². The molecule has 0 unspecified atom stereocenters. The molecule has 7 heteroatoms. The molecule has 0 radical (unpaired) electrons. The molecule has 6 nitrogen and oxygen atoms in total. The zero-order valence-corrected chi connectivity index (χ0v) is 14.9. The Hall–Kier alpha value is -2.15. The van der Waals surface area contributed by atoms with Crippen molar-refractivity contribution in [3.8, 4) is 0 Å². The lowest BCUT2D eigenvalue weighted by atomic mass is 10.2. The van der Waals surface area contributed by atoms with E-state index >= 15 is 0 Å². The number of amides is 2. The summed E-state index contributed by atoms with van der Waals surface area (Å²) in [5.41, 5.74) is 2.73. The molecule has 0 saturated heterocycles. The Morgan fingerprint density at radius 2 is 2.13 bits per heavy atom. The first-order chi connectivity index (χ1) is 10.9. The van der Waals surface area contributed by atoms with Gasteiger partial charge < -0.3 is 10.2 Å². The standard InChI is InChI=1S/C16H19BrN4O2/c1-4-21(11(3)22)9-12-6-5-7-13(8-12)18-16(23)15-14(17)10(2)19-20-15/h5-8H,4,9H2,1-3H3,(H,18,23)(H,19,20). The number of aryl methyl sites for hydroxylation is 1. The van der Waals surface area contributed by atoms with Gasteiger partial charge in [-0.2, -0.15) is 5.10 Å². The van der Waals surface area contributed by atoms with Crippen LogP contribution in [0.1, 0.15) is 35.6 Å². The van der Waals surface area contributed by atoms with Gasteiger partial charge in [-0.25, -0.2) is 0 Å². The van der Waals surface area contributed by atoms with Crippen molar-refractivity contribution < 1.29 is 9.59 Å². The van der Waals surface area contributed by atoms with Crippen molar-refractivity contribution in [2.24, 2.45) is 0 Å². The Morgan fingerprint density at radius 1 is 1.39 bits per heavy atom. The van der Waals surface area contributed by atoms with Gasteiger partial charge in [0.25, 0.3) is 5.91 Å². The van der Waals surface area contributed by atoms with Crippen LogP contribution in [0.3, 0.4) is 0 Å². The SMILES string of the molecule is CCN(Cc1cccc(NC(=O)c2n[nH]c(C)c2Br)c1)C(C)=O. The molecule has 2 rings (SSSR count). The highest BCUT2D eigenvalue weighted by molar-refractivity contribution is 9.10. The minimum absolute atomic E-state index is 0.0258. The Kier molecular flexibility index (Phi) is 5.54. The molecule has 2 N–H and O–H groups in total. The first kappa shape index (κ1) is 17.2. The predicted octanol–water partition coefficient (Wildman–Crippen LogP) is 3.10. The van der Waals surface area contributed by atoms with Crippen LogP contribution in [-0.4, -0.2) is 33.5 Å². The largest absolute Gasteiger partial charge is 0.339 e. The van der Waals surface area contributed by atoms with E-state index in [1.807, 2.05) is 32.0 Å². The number of nitrogens with one attached hydrogen (secondary N) is 2. The summed E-state index contributed by atoms with van der Waals surface area (Å²) in [6.07, 6.45) is 0. The molecule has 122 valence electrons. The zero-order valence-electron chi connectivity index (χ0n) is 13.3. The van der Waals surface area contributed by atoms with Gasteiger partial charge in [0.15, 0.2) is 5.69 Å². The summed E-state index contributed by atoms with van der Waals surface area (Å²) in [7, 11) is 0. The van der Waals surface area contributed by atoms with Crippen LogP contribution in [0.25, 0.3) is 0 Å². The number of benzene rings is 1. The van der Waals surface area contributed by atoms with E-state index in [4.69, 9.17) is 0 Å². The van der Waals surface area contributed by atoms with Crippen LogP contribution < -0.4 is 5.32 Å². The van der Waals surface area contributed by atoms with Crippen LogP contribution in [0.15, 0.2) is 28.7 Å². The third kappa shape index (κ3) is 4.19. The summed E-state index contributed by atoms with van der Waals surface area (Å²) < 4.78 is 0.653. The smallest absolute Gasteiger partial charge is 0.277 e. The molecule has 0 saturated carbocycles. The number of nitrogens with zero attached hydrogens (tertiary/aromatic N) is 2. The molecule has 2 amide bonds. The summed E-state index contributed by atoms with van der Waals surface area (Å²) in [4.78, 5) is 25.5. The number of hydrogen-bond acceptors (Lipinski definition) is 3. The van der Waals surface area contributed by atoms with E-state index in [1.165, 1.54) is 0 Å². The monoisotopic (exact) mass is 378 g/mol. The number of halogens is 1. The van der Waals surface area contributed by atoms with Crippen molar-refractivity contribution in [3.63, 3.8) is 0 Å². The molecule has 0 aliphatic heterocycles. The number of rotatable bonds is 5. The number of hydrogen-bond donors (Lipinski definition) is 2. The van der Waals surface area contributed by atoms with Gasteiger partial charge in [0.05, 0.1) is 4.47 Å². The average molecular weight is 379 g/mol. The fourth-order valence-electron chi connectivity index (χ4n) is 2.17. The Morgan fingerprint density at radius 3 is 2.70 bits per heavy atom. The van der Waals surface area contributed by atoms with E-state index in [9.17, 15) is 9.59 Å². The van der Waals surface area contributed by atoms with Crippen LogP contribution in [0.5, 0.6) is 0 Å². The summed E-state index contributed by atoms with van der Waals surface area (Å²) in [6.45, 7) is 6.47. The van der Waals surface area contributed by atoms with Crippen LogP contribution in [0.2, 0.25) is 0 Å². The van der Waals surface area contributed by atoms with E-state index in [0.717, 1.165) is 11.3 Å². The van der Waals surface area contributed by atoms with Crippen molar-refractivity contribution in [1.29, 1.82) is 0 Å².